The van der Waals surface area contributed by atoms with E-state index in [1.807, 2.05) is 6.92 Å². The average Bonchev–Trinajstić information content (AvgIpc) is 2.69. The van der Waals surface area contributed by atoms with Crippen molar-refractivity contribution >= 4 is 28.9 Å². The summed E-state index contributed by atoms with van der Waals surface area (Å²) in [4.78, 5) is 13.1. The van der Waals surface area contributed by atoms with Gasteiger partial charge in [0, 0.05) is 11.4 Å². The van der Waals surface area contributed by atoms with Crippen LogP contribution < -0.4 is 25.4 Å². The number of allylic oxidation sites excluding steroid dienone is 1. The normalized spacial score (nSPS) is 16.0. The highest BCUT2D eigenvalue weighted by Gasteiger charge is 2.30. The van der Waals surface area contributed by atoms with E-state index in [-0.39, 0.29) is 11.7 Å². The van der Waals surface area contributed by atoms with Crippen molar-refractivity contribution in [3.05, 3.63) is 59.3 Å². The molecule has 0 aliphatic carbocycles. The van der Waals surface area contributed by atoms with E-state index in [0.717, 1.165) is 11.3 Å². The first kappa shape index (κ1) is 20.5. The van der Waals surface area contributed by atoms with Crippen molar-refractivity contribution in [2.45, 2.75) is 19.9 Å². The Kier molecular flexibility index (Phi) is 6.23. The zero-order chi connectivity index (χ0) is 21.0. The van der Waals surface area contributed by atoms with E-state index >= 15 is 0 Å². The van der Waals surface area contributed by atoms with Gasteiger partial charge < -0.3 is 30.5 Å². The molecule has 1 atom stereocenters. The van der Waals surface area contributed by atoms with Crippen LogP contribution in [-0.4, -0.2) is 29.8 Å². The van der Waals surface area contributed by atoms with E-state index in [1.54, 1.807) is 43.3 Å². The number of carbonyl (C=O) groups is 1. The molecule has 1 amide bonds. The van der Waals surface area contributed by atoms with E-state index in [0.29, 0.717) is 34.4 Å². The lowest BCUT2D eigenvalue weighted by Crippen LogP contribution is -2.45. The number of phenolic OH excluding ortho intramolecular Hbond substituents is 1. The molecule has 2 aromatic rings. The number of rotatable bonds is 6. The minimum atomic E-state index is -0.499. The number of hydrogen-bond acceptors (Lipinski definition) is 5. The van der Waals surface area contributed by atoms with Crippen LogP contribution >= 0.6 is 12.2 Å². The van der Waals surface area contributed by atoms with E-state index < -0.39 is 6.04 Å². The van der Waals surface area contributed by atoms with Crippen LogP contribution in [0.1, 0.15) is 25.5 Å². The fraction of sp³-hybridized carbons (Fsp3) is 0.238. The summed E-state index contributed by atoms with van der Waals surface area (Å²) in [5.41, 5.74) is 2.52. The number of nitrogens with one attached hydrogen (secondary N) is 3. The van der Waals surface area contributed by atoms with Crippen LogP contribution in [0.3, 0.4) is 0 Å². The van der Waals surface area contributed by atoms with Gasteiger partial charge in [-0.1, -0.05) is 6.07 Å². The van der Waals surface area contributed by atoms with Crippen LogP contribution in [0, 0.1) is 0 Å². The van der Waals surface area contributed by atoms with Gasteiger partial charge in [0.05, 0.1) is 25.3 Å². The van der Waals surface area contributed by atoms with Crippen LogP contribution in [0.2, 0.25) is 0 Å². The zero-order valence-corrected chi connectivity index (χ0v) is 17.2. The van der Waals surface area contributed by atoms with Crippen LogP contribution in [0.4, 0.5) is 5.69 Å². The van der Waals surface area contributed by atoms with E-state index in [2.05, 4.69) is 16.0 Å². The second kappa shape index (κ2) is 8.83. The SMILES string of the molecule is CCOc1ccc(NC(=O)C2=C(C)NC(=S)N[C@H]2c2ccc(O)c(OC)c2)cc1. The second-order valence-corrected chi connectivity index (χ2v) is 6.82. The number of benzene rings is 2. The van der Waals surface area contributed by atoms with Gasteiger partial charge in [0.15, 0.2) is 16.6 Å². The van der Waals surface area contributed by atoms with Crippen molar-refractivity contribution in [1.82, 2.24) is 10.6 Å². The van der Waals surface area contributed by atoms with E-state index in [4.69, 9.17) is 21.7 Å². The molecule has 0 unspecified atom stereocenters. The molecule has 1 aliphatic rings. The third kappa shape index (κ3) is 4.60. The lowest BCUT2D eigenvalue weighted by atomic mass is 9.94. The predicted molar refractivity (Wildman–Crippen MR) is 115 cm³/mol. The summed E-state index contributed by atoms with van der Waals surface area (Å²) in [7, 11) is 1.47. The van der Waals surface area contributed by atoms with Crippen LogP contribution in [-0.2, 0) is 4.79 Å². The Labute approximate surface area is 174 Å². The Balaban J connectivity index is 1.90. The highest BCUT2D eigenvalue weighted by Crippen LogP contribution is 2.34. The smallest absolute Gasteiger partial charge is 0.255 e. The summed E-state index contributed by atoms with van der Waals surface area (Å²) in [6.45, 7) is 4.29. The molecule has 0 bridgehead atoms. The lowest BCUT2D eigenvalue weighted by molar-refractivity contribution is -0.113. The number of amides is 1. The van der Waals surface area contributed by atoms with Gasteiger partial charge in [-0.05, 0) is 68.0 Å². The lowest BCUT2D eigenvalue weighted by Gasteiger charge is -2.30. The number of ether oxygens (including phenoxy) is 2. The molecular formula is C21H23N3O4S. The molecule has 1 aliphatic heterocycles. The maximum absolute atomic E-state index is 13.1. The first-order valence-electron chi connectivity index (χ1n) is 9.12. The Morgan fingerprint density at radius 1 is 1.24 bits per heavy atom. The van der Waals surface area contributed by atoms with Gasteiger partial charge in [-0.2, -0.15) is 0 Å². The standard InChI is InChI=1S/C21H23N3O4S/c1-4-28-15-8-6-14(7-9-15)23-20(26)18-12(2)22-21(29)24-19(18)13-5-10-16(25)17(11-13)27-3/h5-11,19,25H,4H2,1-3H3,(H,23,26)(H2,22,24,29)/t19-/m0/s1. The van der Waals surface area contributed by atoms with E-state index in [9.17, 15) is 9.90 Å². The molecule has 2 aromatic carbocycles. The Bertz CT molecular complexity index is 957. The van der Waals surface area contributed by atoms with Crippen molar-refractivity contribution in [2.24, 2.45) is 0 Å². The third-order valence-electron chi connectivity index (χ3n) is 4.47. The van der Waals surface area contributed by atoms with Gasteiger partial charge >= 0.3 is 0 Å². The summed E-state index contributed by atoms with van der Waals surface area (Å²) in [5.74, 6) is 0.805. The number of hydrogen-bond donors (Lipinski definition) is 4. The minimum Gasteiger partial charge on any atom is -0.504 e. The van der Waals surface area contributed by atoms with Crippen molar-refractivity contribution in [3.63, 3.8) is 0 Å². The molecular weight excluding hydrogens is 390 g/mol. The van der Waals surface area contributed by atoms with Crippen molar-refractivity contribution in [1.29, 1.82) is 0 Å². The van der Waals surface area contributed by atoms with Gasteiger partial charge in [-0.15, -0.1) is 0 Å². The summed E-state index contributed by atoms with van der Waals surface area (Å²) < 4.78 is 10.6. The summed E-state index contributed by atoms with van der Waals surface area (Å²) in [6, 6.07) is 11.6. The monoisotopic (exact) mass is 413 g/mol. The molecule has 152 valence electrons. The highest BCUT2D eigenvalue weighted by molar-refractivity contribution is 7.80. The molecule has 4 N–H and O–H groups in total. The number of carbonyl (C=O) groups excluding carboxylic acids is 1. The summed E-state index contributed by atoms with van der Waals surface area (Å²) >= 11 is 5.27. The first-order valence-corrected chi connectivity index (χ1v) is 9.53. The zero-order valence-electron chi connectivity index (χ0n) is 16.4. The number of thiocarbonyl (C=S) groups is 1. The molecule has 0 radical (unpaired) electrons. The Morgan fingerprint density at radius 3 is 2.62 bits per heavy atom. The number of phenols is 1. The minimum absolute atomic E-state index is 0.0221. The van der Waals surface area contributed by atoms with Gasteiger partial charge in [-0.3, -0.25) is 4.79 Å². The first-order chi connectivity index (χ1) is 13.9. The average molecular weight is 413 g/mol. The molecule has 0 saturated carbocycles. The maximum Gasteiger partial charge on any atom is 0.255 e. The van der Waals surface area contributed by atoms with Crippen LogP contribution in [0.5, 0.6) is 17.2 Å². The summed E-state index contributed by atoms with van der Waals surface area (Å²) in [6.07, 6.45) is 0. The largest absolute Gasteiger partial charge is 0.504 e. The molecule has 29 heavy (non-hydrogen) atoms. The quantitative estimate of drug-likeness (QED) is 0.541. The molecule has 0 fully saturated rings. The van der Waals surface area contributed by atoms with E-state index in [1.165, 1.54) is 13.2 Å². The van der Waals surface area contributed by atoms with Crippen molar-refractivity contribution in [3.8, 4) is 17.2 Å². The Morgan fingerprint density at radius 2 is 1.97 bits per heavy atom. The van der Waals surface area contributed by atoms with Crippen molar-refractivity contribution < 1.29 is 19.4 Å². The molecule has 0 spiro atoms. The van der Waals surface area contributed by atoms with Crippen LogP contribution in [0.15, 0.2) is 53.7 Å². The molecule has 7 nitrogen and oxygen atoms in total. The predicted octanol–water partition coefficient (Wildman–Crippen LogP) is 3.23. The van der Waals surface area contributed by atoms with Gasteiger partial charge in [0.25, 0.3) is 5.91 Å². The molecule has 3 rings (SSSR count). The highest BCUT2D eigenvalue weighted by atomic mass is 32.1. The van der Waals surface area contributed by atoms with Crippen molar-refractivity contribution in [2.75, 3.05) is 19.0 Å². The van der Waals surface area contributed by atoms with Gasteiger partial charge in [0.2, 0.25) is 0 Å². The fourth-order valence-electron chi connectivity index (χ4n) is 3.12. The fourth-order valence-corrected chi connectivity index (χ4v) is 3.39. The third-order valence-corrected chi connectivity index (χ3v) is 4.69. The van der Waals surface area contributed by atoms with Crippen LogP contribution in [0.25, 0.3) is 0 Å². The van der Waals surface area contributed by atoms with Gasteiger partial charge in [0.1, 0.15) is 5.75 Å². The number of aromatic hydroxyl groups is 1. The molecule has 8 heteroatoms. The Hall–Kier alpha value is -3.26. The summed E-state index contributed by atoms with van der Waals surface area (Å²) in [5, 5.41) is 19.3. The molecule has 1 heterocycles. The number of anilines is 1. The second-order valence-electron chi connectivity index (χ2n) is 6.41. The molecule has 0 saturated heterocycles. The number of methoxy groups -OCH3 is 1. The topological polar surface area (TPSA) is 91.9 Å². The maximum atomic E-state index is 13.1. The molecule has 0 aromatic heterocycles. The van der Waals surface area contributed by atoms with Gasteiger partial charge in [-0.25, -0.2) is 0 Å².